The first-order chi connectivity index (χ1) is 7.71. The number of hydrogen-bond acceptors (Lipinski definition) is 1. The van der Waals surface area contributed by atoms with Gasteiger partial charge in [-0.25, -0.2) is 0 Å². The third kappa shape index (κ3) is 3.21. The van der Waals surface area contributed by atoms with Crippen molar-refractivity contribution >= 4 is 107 Å². The fourth-order valence-corrected chi connectivity index (χ4v) is 3.54. The minimum absolute atomic E-state index is 0.546. The van der Waals surface area contributed by atoms with Crippen molar-refractivity contribution in [1.82, 2.24) is 0 Å². The molecule has 0 fully saturated rings. The van der Waals surface area contributed by atoms with Crippen LogP contribution in [0.2, 0.25) is 0 Å². The van der Waals surface area contributed by atoms with Gasteiger partial charge in [0.15, 0.2) is 4.29 Å². The van der Waals surface area contributed by atoms with Crippen LogP contribution in [0, 0.1) is 0 Å². The summed E-state index contributed by atoms with van der Waals surface area (Å²) in [7, 11) is 0. The standard InChI is InChI=1S/C10H4Br6O/c11-9(12,13)7-5-3-1-2-4-6(5)17-8(7)10(14,15)16/h1-4H. The Hall–Kier alpha value is 1.64. The molecule has 2 aromatic rings. The van der Waals surface area contributed by atoms with E-state index in [1.807, 2.05) is 24.3 Å². The van der Waals surface area contributed by atoms with E-state index in [0.29, 0.717) is 0 Å². The highest BCUT2D eigenvalue weighted by atomic mass is 80.0. The molecule has 0 aliphatic rings. The number of halogens is 6. The van der Waals surface area contributed by atoms with Crippen molar-refractivity contribution in [2.24, 2.45) is 0 Å². The maximum atomic E-state index is 5.86. The van der Waals surface area contributed by atoms with Crippen LogP contribution in [0.25, 0.3) is 11.0 Å². The fraction of sp³-hybridized carbons (Fsp3) is 0.200. The molecule has 0 saturated heterocycles. The van der Waals surface area contributed by atoms with Crippen LogP contribution in [-0.4, -0.2) is 0 Å². The van der Waals surface area contributed by atoms with Gasteiger partial charge in [-0.3, -0.25) is 0 Å². The van der Waals surface area contributed by atoms with E-state index in [4.69, 9.17) is 4.42 Å². The van der Waals surface area contributed by atoms with Crippen molar-refractivity contribution in [3.8, 4) is 0 Å². The molecule has 2 rings (SSSR count). The Balaban J connectivity index is 2.84. The Morgan fingerprint density at radius 1 is 0.824 bits per heavy atom. The molecule has 7 heteroatoms. The zero-order valence-electron chi connectivity index (χ0n) is 7.99. The highest BCUT2D eigenvalue weighted by Gasteiger charge is 2.38. The molecule has 0 radical (unpaired) electrons. The Kier molecular flexibility index (Phi) is 4.60. The summed E-state index contributed by atoms with van der Waals surface area (Å²) in [5.41, 5.74) is 1.78. The van der Waals surface area contributed by atoms with Crippen LogP contribution >= 0.6 is 95.6 Å². The lowest BCUT2D eigenvalue weighted by Gasteiger charge is -2.17. The smallest absolute Gasteiger partial charge is 0.192 e. The second kappa shape index (κ2) is 5.20. The fourth-order valence-electron chi connectivity index (χ4n) is 1.53. The summed E-state index contributed by atoms with van der Waals surface area (Å²) in [6.45, 7) is 0. The van der Waals surface area contributed by atoms with Gasteiger partial charge >= 0.3 is 0 Å². The molecule has 1 aromatic heterocycles. The van der Waals surface area contributed by atoms with E-state index in [9.17, 15) is 0 Å². The van der Waals surface area contributed by atoms with E-state index in [1.54, 1.807) is 0 Å². The second-order valence-electron chi connectivity index (χ2n) is 3.30. The summed E-state index contributed by atoms with van der Waals surface area (Å²) >= 11 is 21.1. The third-order valence-corrected chi connectivity index (χ3v) is 4.41. The molecule has 0 unspecified atom stereocenters. The van der Waals surface area contributed by atoms with E-state index in [-0.39, 0.29) is 0 Å². The predicted molar refractivity (Wildman–Crippen MR) is 93.1 cm³/mol. The molecule has 92 valence electrons. The van der Waals surface area contributed by atoms with Crippen LogP contribution in [0.4, 0.5) is 0 Å². The maximum absolute atomic E-state index is 5.86. The Labute approximate surface area is 149 Å². The van der Waals surface area contributed by atoms with Crippen molar-refractivity contribution in [3.63, 3.8) is 0 Å². The summed E-state index contributed by atoms with van der Waals surface area (Å²) in [6.07, 6.45) is 0. The molecule has 0 aliphatic heterocycles. The molecule has 0 atom stereocenters. The molecule has 0 amide bonds. The normalized spacial score (nSPS) is 13.3. The zero-order valence-corrected chi connectivity index (χ0v) is 17.5. The van der Waals surface area contributed by atoms with Gasteiger partial charge in [0.05, 0.1) is 0 Å². The first kappa shape index (κ1) is 15.0. The summed E-state index contributed by atoms with van der Waals surface area (Å²) < 4.78 is 4.70. The van der Waals surface area contributed by atoms with Gasteiger partial charge in [0.25, 0.3) is 0 Å². The van der Waals surface area contributed by atoms with Gasteiger partial charge in [0, 0.05) is 10.9 Å². The highest BCUT2D eigenvalue weighted by Crippen LogP contribution is 2.56. The van der Waals surface area contributed by atoms with Crippen molar-refractivity contribution in [3.05, 3.63) is 35.6 Å². The zero-order chi connectivity index (χ0) is 12.8. The molecule has 0 bridgehead atoms. The molecule has 0 N–H and O–H groups in total. The highest BCUT2D eigenvalue weighted by molar-refractivity contribution is 9.39. The molecule has 1 heterocycles. The Morgan fingerprint density at radius 2 is 1.41 bits per heavy atom. The summed E-state index contributed by atoms with van der Waals surface area (Å²) in [4.78, 5) is 0. The van der Waals surface area contributed by atoms with Crippen molar-refractivity contribution in [2.75, 3.05) is 0 Å². The number of rotatable bonds is 0. The first-order valence-electron chi connectivity index (χ1n) is 4.37. The van der Waals surface area contributed by atoms with Crippen molar-refractivity contribution < 1.29 is 4.42 Å². The molecule has 0 spiro atoms. The number of fused-ring (bicyclic) bond motifs is 1. The topological polar surface area (TPSA) is 13.1 Å². The monoisotopic (exact) mass is 614 g/mol. The van der Waals surface area contributed by atoms with E-state index >= 15 is 0 Å². The van der Waals surface area contributed by atoms with E-state index in [1.165, 1.54) is 0 Å². The number of alkyl halides is 6. The first-order valence-corrected chi connectivity index (χ1v) is 9.13. The summed E-state index contributed by atoms with van der Waals surface area (Å²) in [5, 5.41) is 1.02. The van der Waals surface area contributed by atoms with Crippen LogP contribution in [0.15, 0.2) is 28.7 Å². The Morgan fingerprint density at radius 3 is 1.94 bits per heavy atom. The lowest BCUT2D eigenvalue weighted by molar-refractivity contribution is 0.565. The Bertz CT molecular complexity index is 548. The number of benzene rings is 1. The van der Waals surface area contributed by atoms with E-state index < -0.39 is 4.29 Å². The van der Waals surface area contributed by atoms with Crippen molar-refractivity contribution in [1.29, 1.82) is 0 Å². The average Bonchev–Trinajstić information content (AvgIpc) is 2.54. The quantitative estimate of drug-likeness (QED) is 0.289. The van der Waals surface area contributed by atoms with Crippen LogP contribution < -0.4 is 0 Å². The second-order valence-corrected chi connectivity index (χ2v) is 16.8. The van der Waals surface area contributed by atoms with Gasteiger partial charge in [0.2, 0.25) is 0 Å². The van der Waals surface area contributed by atoms with E-state index in [0.717, 1.165) is 22.3 Å². The predicted octanol–water partition coefficient (Wildman–Crippen LogP) is 7.02. The lowest BCUT2D eigenvalue weighted by Crippen LogP contribution is -2.06. The molecule has 0 aliphatic carbocycles. The van der Waals surface area contributed by atoms with E-state index in [2.05, 4.69) is 95.6 Å². The number of para-hydroxylation sites is 1. The van der Waals surface area contributed by atoms with Gasteiger partial charge in [0.1, 0.15) is 11.3 Å². The van der Waals surface area contributed by atoms with Gasteiger partial charge in [-0.05, 0) is 6.07 Å². The van der Waals surface area contributed by atoms with Gasteiger partial charge < -0.3 is 4.42 Å². The summed E-state index contributed by atoms with van der Waals surface area (Å²) in [5.74, 6) is 0.726. The lowest BCUT2D eigenvalue weighted by atomic mass is 10.1. The maximum Gasteiger partial charge on any atom is 0.192 e. The van der Waals surface area contributed by atoms with Crippen LogP contribution in [-0.2, 0) is 4.29 Å². The van der Waals surface area contributed by atoms with Gasteiger partial charge in [-0.2, -0.15) is 0 Å². The summed E-state index contributed by atoms with van der Waals surface area (Å²) in [6, 6.07) is 7.85. The van der Waals surface area contributed by atoms with Crippen molar-refractivity contribution in [2.45, 2.75) is 4.29 Å². The molecule has 1 aromatic carbocycles. The van der Waals surface area contributed by atoms with Gasteiger partial charge in [-0.1, -0.05) is 114 Å². The van der Waals surface area contributed by atoms with Crippen LogP contribution in [0.3, 0.4) is 0 Å². The van der Waals surface area contributed by atoms with Crippen LogP contribution in [0.5, 0.6) is 0 Å². The number of hydrogen-bond donors (Lipinski definition) is 0. The van der Waals surface area contributed by atoms with Gasteiger partial charge in [-0.15, -0.1) is 0 Å². The minimum atomic E-state index is -0.609. The molecule has 17 heavy (non-hydrogen) atoms. The molecular weight excluding hydrogens is 616 g/mol. The average molecular weight is 620 g/mol. The molecule has 1 nitrogen and oxygen atoms in total. The molecular formula is C10H4Br6O. The largest absolute Gasteiger partial charge is 0.457 e. The minimum Gasteiger partial charge on any atom is -0.457 e. The molecule has 0 saturated carbocycles. The number of furan rings is 1. The third-order valence-electron chi connectivity index (χ3n) is 2.14. The SMILES string of the molecule is BrC(Br)(Br)c1oc2ccccc2c1C(Br)(Br)Br. The van der Waals surface area contributed by atoms with Crippen LogP contribution in [0.1, 0.15) is 11.3 Å².